The first-order valence-corrected chi connectivity index (χ1v) is 12.8. The summed E-state index contributed by atoms with van der Waals surface area (Å²) >= 11 is 7.61. The minimum atomic E-state index is -0.200. The topological polar surface area (TPSA) is 76.9 Å². The summed E-state index contributed by atoms with van der Waals surface area (Å²) in [5.41, 5.74) is 5.29. The first kappa shape index (κ1) is 23.9. The van der Waals surface area contributed by atoms with Crippen molar-refractivity contribution < 1.29 is 4.79 Å². The molecule has 0 bridgehead atoms. The molecule has 36 heavy (non-hydrogen) atoms. The van der Waals surface area contributed by atoms with Crippen LogP contribution < -0.4 is 10.9 Å². The van der Waals surface area contributed by atoms with Crippen molar-refractivity contribution in [1.29, 1.82) is 0 Å². The van der Waals surface area contributed by atoms with Crippen molar-refractivity contribution in [2.45, 2.75) is 26.3 Å². The monoisotopic (exact) mass is 514 g/mol. The molecule has 1 N–H and O–H groups in total. The van der Waals surface area contributed by atoms with E-state index in [-0.39, 0.29) is 17.9 Å². The van der Waals surface area contributed by atoms with Crippen LogP contribution in [0, 0.1) is 6.92 Å². The summed E-state index contributed by atoms with van der Waals surface area (Å²) in [7, 11) is 0. The lowest BCUT2D eigenvalue weighted by atomic mass is 10.1. The molecule has 0 aliphatic heterocycles. The lowest BCUT2D eigenvalue weighted by molar-refractivity contribution is -0.116. The van der Waals surface area contributed by atoms with E-state index < -0.39 is 0 Å². The van der Waals surface area contributed by atoms with Crippen molar-refractivity contribution >= 4 is 44.7 Å². The van der Waals surface area contributed by atoms with Crippen LogP contribution in [0.1, 0.15) is 18.4 Å². The largest absolute Gasteiger partial charge is 0.326 e. The highest BCUT2D eigenvalue weighted by Gasteiger charge is 2.09. The van der Waals surface area contributed by atoms with Crippen LogP contribution in [0.25, 0.3) is 32.0 Å². The number of hydrogen-bond acceptors (Lipinski definition) is 5. The Balaban J connectivity index is 1.17. The van der Waals surface area contributed by atoms with E-state index in [0.717, 1.165) is 32.0 Å². The molecule has 180 valence electrons. The number of anilines is 1. The average molecular weight is 515 g/mol. The number of fused-ring (bicyclic) bond motifs is 1. The van der Waals surface area contributed by atoms with Crippen molar-refractivity contribution in [2.75, 3.05) is 5.32 Å². The number of halogens is 1. The predicted octanol–water partition coefficient (Wildman–Crippen LogP) is 6.57. The third-order valence-corrected chi connectivity index (χ3v) is 7.06. The normalized spacial score (nSPS) is 11.1. The first-order valence-electron chi connectivity index (χ1n) is 11.6. The Morgan fingerprint density at radius 3 is 2.50 bits per heavy atom. The Labute approximate surface area is 217 Å². The summed E-state index contributed by atoms with van der Waals surface area (Å²) in [5.74, 6) is -0.111. The number of amides is 1. The number of carbonyl (C=O) groups is 1. The Morgan fingerprint density at radius 1 is 0.972 bits per heavy atom. The first-order chi connectivity index (χ1) is 17.4. The van der Waals surface area contributed by atoms with Crippen LogP contribution in [0.2, 0.25) is 5.02 Å². The zero-order valence-corrected chi connectivity index (χ0v) is 21.1. The molecule has 0 saturated carbocycles. The van der Waals surface area contributed by atoms with Gasteiger partial charge in [-0.2, -0.15) is 5.10 Å². The number of nitrogens with one attached hydrogen (secondary N) is 1. The lowest BCUT2D eigenvalue weighted by Crippen LogP contribution is -2.23. The number of nitrogens with zero attached hydrogens (tertiary/aromatic N) is 3. The van der Waals surface area contributed by atoms with E-state index in [4.69, 9.17) is 16.6 Å². The number of carbonyl (C=O) groups excluding carboxylic acids is 1. The molecule has 5 aromatic rings. The van der Waals surface area contributed by atoms with Crippen molar-refractivity contribution in [3.8, 4) is 21.8 Å². The molecule has 0 radical (unpaired) electrons. The molecule has 1 amide bonds. The number of aryl methyl sites for hydroxylation is 2. The molecule has 0 saturated heterocycles. The van der Waals surface area contributed by atoms with Gasteiger partial charge in [0, 0.05) is 40.9 Å². The fraction of sp³-hybridized carbons (Fsp3) is 0.143. The van der Waals surface area contributed by atoms with Gasteiger partial charge in [0.05, 0.1) is 15.9 Å². The number of benzene rings is 3. The van der Waals surface area contributed by atoms with E-state index in [2.05, 4.69) is 29.5 Å². The van der Waals surface area contributed by atoms with Gasteiger partial charge in [-0.1, -0.05) is 29.8 Å². The fourth-order valence-electron chi connectivity index (χ4n) is 3.85. The van der Waals surface area contributed by atoms with E-state index in [9.17, 15) is 9.59 Å². The highest BCUT2D eigenvalue weighted by Crippen LogP contribution is 2.31. The van der Waals surface area contributed by atoms with E-state index in [1.807, 2.05) is 42.5 Å². The summed E-state index contributed by atoms with van der Waals surface area (Å²) in [4.78, 5) is 29.4. The van der Waals surface area contributed by atoms with Crippen LogP contribution in [0.15, 0.2) is 83.7 Å². The van der Waals surface area contributed by atoms with Crippen LogP contribution >= 0.6 is 22.9 Å². The summed E-state index contributed by atoms with van der Waals surface area (Å²) in [5, 5.41) is 8.95. The fourth-order valence-corrected chi connectivity index (χ4v) is 5.04. The second kappa shape index (κ2) is 10.4. The maximum atomic E-state index is 12.5. The molecule has 0 aliphatic rings. The van der Waals surface area contributed by atoms with Gasteiger partial charge in [0.15, 0.2) is 0 Å². The predicted molar refractivity (Wildman–Crippen MR) is 147 cm³/mol. The van der Waals surface area contributed by atoms with Crippen LogP contribution in [-0.2, 0) is 11.3 Å². The molecular weight excluding hydrogens is 492 g/mol. The van der Waals surface area contributed by atoms with Crippen LogP contribution in [0.3, 0.4) is 0 Å². The summed E-state index contributed by atoms with van der Waals surface area (Å²) in [6.07, 6.45) is 0.768. The molecular formula is C28H23ClN4O2S. The van der Waals surface area contributed by atoms with E-state index >= 15 is 0 Å². The maximum absolute atomic E-state index is 12.5. The number of thiazole rings is 1. The van der Waals surface area contributed by atoms with Gasteiger partial charge in [-0.05, 0) is 73.5 Å². The van der Waals surface area contributed by atoms with E-state index in [1.165, 1.54) is 16.3 Å². The Morgan fingerprint density at radius 2 is 1.72 bits per heavy atom. The van der Waals surface area contributed by atoms with Crippen LogP contribution in [0.4, 0.5) is 5.69 Å². The van der Waals surface area contributed by atoms with Gasteiger partial charge in [0.1, 0.15) is 5.01 Å². The maximum Gasteiger partial charge on any atom is 0.266 e. The van der Waals surface area contributed by atoms with Crippen molar-refractivity contribution in [1.82, 2.24) is 14.8 Å². The van der Waals surface area contributed by atoms with Crippen molar-refractivity contribution in [2.24, 2.45) is 0 Å². The standard InChI is InChI=1S/C28H23ClN4O2S/c1-18-4-13-24-25(17-18)36-28(31-24)20-7-11-22(12-8-20)30-26(34)3-2-16-33-27(35)15-14-23(32-33)19-5-9-21(29)10-6-19/h4-15,17H,2-3,16H2,1H3,(H,30,34). The van der Waals surface area contributed by atoms with Crippen LogP contribution in [0.5, 0.6) is 0 Å². The zero-order valence-electron chi connectivity index (χ0n) is 19.6. The van der Waals surface area contributed by atoms with Crippen molar-refractivity contribution in [3.05, 3.63) is 99.8 Å². The Bertz CT molecular complexity index is 1590. The van der Waals surface area contributed by atoms with Gasteiger partial charge in [-0.25, -0.2) is 9.67 Å². The number of rotatable bonds is 7. The summed E-state index contributed by atoms with van der Waals surface area (Å²) in [6.45, 7) is 2.42. The molecule has 5 rings (SSSR count). The smallest absolute Gasteiger partial charge is 0.266 e. The third-order valence-electron chi connectivity index (χ3n) is 5.74. The zero-order chi connectivity index (χ0) is 25.1. The number of hydrogen-bond donors (Lipinski definition) is 1. The SMILES string of the molecule is Cc1ccc2nc(-c3ccc(NC(=O)CCCn4nc(-c5ccc(Cl)cc5)ccc4=O)cc3)sc2c1. The van der Waals surface area contributed by atoms with Gasteiger partial charge in [0.25, 0.3) is 5.56 Å². The van der Waals surface area contributed by atoms with Gasteiger partial charge >= 0.3 is 0 Å². The molecule has 0 aliphatic carbocycles. The molecule has 3 aromatic carbocycles. The molecule has 0 fully saturated rings. The Kier molecular flexibility index (Phi) is 6.93. The molecule has 0 unspecified atom stereocenters. The summed E-state index contributed by atoms with van der Waals surface area (Å²) in [6, 6.07) is 24.4. The highest BCUT2D eigenvalue weighted by atomic mass is 35.5. The molecule has 6 nitrogen and oxygen atoms in total. The minimum Gasteiger partial charge on any atom is -0.326 e. The second-order valence-electron chi connectivity index (χ2n) is 8.51. The molecule has 0 atom stereocenters. The van der Waals surface area contributed by atoms with Gasteiger partial charge in [-0.15, -0.1) is 11.3 Å². The molecule has 0 spiro atoms. The summed E-state index contributed by atoms with van der Waals surface area (Å²) < 4.78 is 2.56. The molecule has 2 heterocycles. The highest BCUT2D eigenvalue weighted by molar-refractivity contribution is 7.21. The lowest BCUT2D eigenvalue weighted by Gasteiger charge is -2.08. The van der Waals surface area contributed by atoms with E-state index in [0.29, 0.717) is 23.7 Å². The van der Waals surface area contributed by atoms with Crippen molar-refractivity contribution in [3.63, 3.8) is 0 Å². The minimum absolute atomic E-state index is 0.111. The molecule has 2 aromatic heterocycles. The van der Waals surface area contributed by atoms with E-state index in [1.54, 1.807) is 29.5 Å². The van der Waals surface area contributed by atoms with Crippen LogP contribution in [-0.4, -0.2) is 20.7 Å². The van der Waals surface area contributed by atoms with Gasteiger partial charge < -0.3 is 5.32 Å². The Hall–Kier alpha value is -3.81. The average Bonchev–Trinajstić information content (AvgIpc) is 3.29. The quantitative estimate of drug-likeness (QED) is 0.266. The van der Waals surface area contributed by atoms with Gasteiger partial charge in [-0.3, -0.25) is 9.59 Å². The second-order valence-corrected chi connectivity index (χ2v) is 9.97. The number of aromatic nitrogens is 3. The third kappa shape index (κ3) is 5.53. The van der Waals surface area contributed by atoms with Gasteiger partial charge in [0.2, 0.25) is 5.91 Å². The molecule has 8 heteroatoms.